The van der Waals surface area contributed by atoms with Gasteiger partial charge >= 0.3 is 0 Å². The third-order valence-electron chi connectivity index (χ3n) is 3.37. The molecule has 1 amide bonds. The molecule has 0 atom stereocenters. The number of amides is 1. The molecule has 2 heterocycles. The highest BCUT2D eigenvalue weighted by molar-refractivity contribution is 6.03. The molecule has 0 radical (unpaired) electrons. The van der Waals surface area contributed by atoms with Gasteiger partial charge in [0.1, 0.15) is 11.5 Å². The number of anilines is 1. The fourth-order valence-corrected chi connectivity index (χ4v) is 2.24. The van der Waals surface area contributed by atoms with Gasteiger partial charge in [0.15, 0.2) is 5.76 Å². The lowest BCUT2D eigenvalue weighted by atomic mass is 10.2. The summed E-state index contributed by atoms with van der Waals surface area (Å²) in [7, 11) is 1.56. The second-order valence-electron chi connectivity index (χ2n) is 5.13. The molecule has 0 bridgehead atoms. The van der Waals surface area contributed by atoms with E-state index in [1.807, 2.05) is 37.4 Å². The minimum atomic E-state index is -0.319. The lowest BCUT2D eigenvalue weighted by Gasteiger charge is -2.10. The van der Waals surface area contributed by atoms with Crippen LogP contribution in [0.1, 0.15) is 21.9 Å². The molecule has 6 heteroatoms. The first-order chi connectivity index (χ1) is 11.2. The molecule has 0 spiro atoms. The van der Waals surface area contributed by atoms with Gasteiger partial charge in [-0.05, 0) is 42.8 Å². The fourth-order valence-electron chi connectivity index (χ4n) is 2.24. The molecule has 1 N–H and O–H groups in total. The number of nitrogens with one attached hydrogen (secondary N) is 1. The van der Waals surface area contributed by atoms with E-state index >= 15 is 0 Å². The predicted octanol–water partition coefficient (Wildman–Crippen LogP) is 3.09. The lowest BCUT2D eigenvalue weighted by molar-refractivity contribution is 0.0994. The summed E-state index contributed by atoms with van der Waals surface area (Å²) >= 11 is 0. The summed E-state index contributed by atoms with van der Waals surface area (Å²) in [5.41, 5.74) is 1.64. The Morgan fingerprint density at radius 2 is 2.22 bits per heavy atom. The van der Waals surface area contributed by atoms with E-state index in [1.54, 1.807) is 30.1 Å². The van der Waals surface area contributed by atoms with Crippen LogP contribution in [0.15, 0.2) is 53.2 Å². The average Bonchev–Trinajstić information content (AvgIpc) is 3.20. The Hall–Kier alpha value is -3.02. The number of nitrogens with zero attached hydrogens (tertiary/aromatic N) is 2. The van der Waals surface area contributed by atoms with Gasteiger partial charge in [0, 0.05) is 12.4 Å². The van der Waals surface area contributed by atoms with Crippen LogP contribution in [0.5, 0.6) is 5.75 Å². The number of ether oxygens (including phenoxy) is 1. The largest absolute Gasteiger partial charge is 0.495 e. The Balaban J connectivity index is 1.74. The standard InChI is InChI=1S/C17H17N3O3/c1-12-4-6-15(22-2)14(10-12)19-17(21)16-7-5-13(23-16)11-20-9-3-8-18-20/h3-10H,11H2,1-2H3,(H,19,21). The molecule has 0 saturated carbocycles. The summed E-state index contributed by atoms with van der Waals surface area (Å²) in [6.45, 7) is 2.43. The first-order valence-electron chi connectivity index (χ1n) is 7.18. The summed E-state index contributed by atoms with van der Waals surface area (Å²) in [4.78, 5) is 12.3. The van der Waals surface area contributed by atoms with Gasteiger partial charge in [-0.15, -0.1) is 0 Å². The van der Waals surface area contributed by atoms with Crippen molar-refractivity contribution in [1.29, 1.82) is 0 Å². The summed E-state index contributed by atoms with van der Waals surface area (Å²) in [5, 5.41) is 6.92. The average molecular weight is 311 g/mol. The SMILES string of the molecule is COc1ccc(C)cc1NC(=O)c1ccc(Cn2cccn2)o1. The maximum Gasteiger partial charge on any atom is 0.291 e. The molecule has 3 aromatic rings. The Kier molecular flexibility index (Phi) is 4.14. The number of aryl methyl sites for hydroxylation is 1. The minimum Gasteiger partial charge on any atom is -0.495 e. The van der Waals surface area contributed by atoms with E-state index in [9.17, 15) is 4.79 Å². The molecule has 23 heavy (non-hydrogen) atoms. The van der Waals surface area contributed by atoms with Gasteiger partial charge in [0.25, 0.3) is 5.91 Å². The molecule has 3 rings (SSSR count). The number of furan rings is 1. The second kappa shape index (κ2) is 6.39. The summed E-state index contributed by atoms with van der Waals surface area (Å²) in [6.07, 6.45) is 3.53. The molecule has 0 aliphatic carbocycles. The molecule has 0 aliphatic rings. The van der Waals surface area contributed by atoms with Crippen LogP contribution in [0.4, 0.5) is 5.69 Å². The van der Waals surface area contributed by atoms with Gasteiger partial charge < -0.3 is 14.5 Å². The van der Waals surface area contributed by atoms with Crippen molar-refractivity contribution in [3.8, 4) is 5.75 Å². The monoisotopic (exact) mass is 311 g/mol. The topological polar surface area (TPSA) is 69.3 Å². The van der Waals surface area contributed by atoms with Gasteiger partial charge in [-0.2, -0.15) is 5.10 Å². The smallest absolute Gasteiger partial charge is 0.291 e. The Labute approximate surface area is 133 Å². The molecule has 0 unspecified atom stereocenters. The van der Waals surface area contributed by atoms with Crippen molar-refractivity contribution < 1.29 is 13.9 Å². The van der Waals surface area contributed by atoms with Crippen molar-refractivity contribution in [2.75, 3.05) is 12.4 Å². The quantitative estimate of drug-likeness (QED) is 0.786. The van der Waals surface area contributed by atoms with Gasteiger partial charge in [0.05, 0.1) is 19.3 Å². The first kappa shape index (κ1) is 14.9. The highest BCUT2D eigenvalue weighted by Crippen LogP contribution is 2.26. The van der Waals surface area contributed by atoms with Crippen LogP contribution < -0.4 is 10.1 Å². The van der Waals surface area contributed by atoms with Crippen LogP contribution in [-0.4, -0.2) is 22.8 Å². The normalized spacial score (nSPS) is 10.5. The Morgan fingerprint density at radius 1 is 1.35 bits per heavy atom. The fraction of sp³-hybridized carbons (Fsp3) is 0.176. The number of carbonyl (C=O) groups is 1. The van der Waals surface area contributed by atoms with Gasteiger partial charge in [-0.3, -0.25) is 9.48 Å². The number of hydrogen-bond acceptors (Lipinski definition) is 4. The van der Waals surface area contributed by atoms with Gasteiger partial charge in [-0.25, -0.2) is 0 Å². The number of methoxy groups -OCH3 is 1. The van der Waals surface area contributed by atoms with E-state index in [0.29, 0.717) is 23.7 Å². The van der Waals surface area contributed by atoms with Crippen LogP contribution >= 0.6 is 0 Å². The third kappa shape index (κ3) is 3.42. The number of rotatable bonds is 5. The maximum absolute atomic E-state index is 12.3. The number of carbonyl (C=O) groups excluding carboxylic acids is 1. The van der Waals surface area contributed by atoms with E-state index in [1.165, 1.54) is 0 Å². The van der Waals surface area contributed by atoms with Gasteiger partial charge in [-0.1, -0.05) is 6.07 Å². The van der Waals surface area contributed by atoms with E-state index in [-0.39, 0.29) is 11.7 Å². The Bertz CT molecular complexity index is 806. The molecular formula is C17H17N3O3. The number of hydrogen-bond donors (Lipinski definition) is 1. The van der Waals surface area contributed by atoms with Gasteiger partial charge in [0.2, 0.25) is 0 Å². The summed E-state index contributed by atoms with van der Waals surface area (Å²) in [6, 6.07) is 10.8. The highest BCUT2D eigenvalue weighted by Gasteiger charge is 2.14. The predicted molar refractivity (Wildman–Crippen MR) is 85.7 cm³/mol. The molecular weight excluding hydrogens is 294 g/mol. The highest BCUT2D eigenvalue weighted by atomic mass is 16.5. The van der Waals surface area contributed by atoms with Crippen LogP contribution in [-0.2, 0) is 6.54 Å². The lowest BCUT2D eigenvalue weighted by Crippen LogP contribution is -2.12. The molecule has 1 aromatic carbocycles. The zero-order chi connectivity index (χ0) is 16.2. The van der Waals surface area contributed by atoms with Crippen molar-refractivity contribution in [1.82, 2.24) is 9.78 Å². The van der Waals surface area contributed by atoms with Crippen LogP contribution in [0.3, 0.4) is 0 Å². The second-order valence-corrected chi connectivity index (χ2v) is 5.13. The van der Waals surface area contributed by atoms with Crippen molar-refractivity contribution in [3.05, 3.63) is 65.9 Å². The molecule has 0 saturated heterocycles. The molecule has 6 nitrogen and oxygen atoms in total. The van der Waals surface area contributed by atoms with Crippen LogP contribution in [0, 0.1) is 6.92 Å². The first-order valence-corrected chi connectivity index (χ1v) is 7.18. The summed E-state index contributed by atoms with van der Waals surface area (Å²) in [5.74, 6) is 1.19. The van der Waals surface area contributed by atoms with Crippen molar-refractivity contribution >= 4 is 11.6 Å². The zero-order valence-corrected chi connectivity index (χ0v) is 12.9. The number of aromatic nitrogens is 2. The maximum atomic E-state index is 12.3. The van der Waals surface area contributed by atoms with Crippen molar-refractivity contribution in [3.63, 3.8) is 0 Å². The summed E-state index contributed by atoms with van der Waals surface area (Å²) < 4.78 is 12.6. The third-order valence-corrected chi connectivity index (χ3v) is 3.37. The van der Waals surface area contributed by atoms with E-state index in [2.05, 4.69) is 10.4 Å². The van der Waals surface area contributed by atoms with E-state index in [4.69, 9.17) is 9.15 Å². The van der Waals surface area contributed by atoms with Crippen molar-refractivity contribution in [2.24, 2.45) is 0 Å². The molecule has 118 valence electrons. The molecule has 2 aromatic heterocycles. The van der Waals surface area contributed by atoms with Crippen LogP contribution in [0.2, 0.25) is 0 Å². The van der Waals surface area contributed by atoms with Crippen molar-refractivity contribution in [2.45, 2.75) is 13.5 Å². The van der Waals surface area contributed by atoms with E-state index < -0.39 is 0 Å². The minimum absolute atomic E-state index is 0.246. The molecule has 0 aliphatic heterocycles. The van der Waals surface area contributed by atoms with Crippen LogP contribution in [0.25, 0.3) is 0 Å². The molecule has 0 fully saturated rings. The Morgan fingerprint density at radius 3 is 2.96 bits per heavy atom. The number of benzene rings is 1. The van der Waals surface area contributed by atoms with E-state index in [0.717, 1.165) is 5.56 Å². The zero-order valence-electron chi connectivity index (χ0n) is 12.9.